The maximum absolute atomic E-state index is 11.5. The van der Waals surface area contributed by atoms with Crippen LogP contribution >= 0.6 is 11.3 Å². The van der Waals surface area contributed by atoms with E-state index in [1.807, 2.05) is 19.2 Å². The van der Waals surface area contributed by atoms with Crippen LogP contribution in [-0.4, -0.2) is 27.6 Å². The molecule has 19 heavy (non-hydrogen) atoms. The fourth-order valence-electron chi connectivity index (χ4n) is 1.45. The van der Waals surface area contributed by atoms with Crippen molar-refractivity contribution < 1.29 is 4.79 Å². The van der Waals surface area contributed by atoms with E-state index in [2.05, 4.69) is 25.8 Å². The van der Waals surface area contributed by atoms with E-state index >= 15 is 0 Å². The summed E-state index contributed by atoms with van der Waals surface area (Å²) in [4.78, 5) is 15.8. The molecule has 100 valence electrons. The summed E-state index contributed by atoms with van der Waals surface area (Å²) in [6, 6.07) is 3.38. The van der Waals surface area contributed by atoms with Gasteiger partial charge in [0.05, 0.1) is 6.54 Å². The largest absolute Gasteiger partial charge is 0.362 e. The Morgan fingerprint density at radius 1 is 1.37 bits per heavy atom. The molecule has 0 fully saturated rings. The summed E-state index contributed by atoms with van der Waals surface area (Å²) >= 11 is 1.60. The number of rotatable bonds is 5. The number of aromatic nitrogens is 3. The Bertz CT molecular complexity index is 552. The lowest BCUT2D eigenvalue weighted by molar-refractivity contribution is 0.0950. The Hall–Kier alpha value is -2.02. The maximum Gasteiger partial charge on any atom is 0.271 e. The summed E-state index contributed by atoms with van der Waals surface area (Å²) in [5, 5.41) is 16.6. The third-order valence-corrected chi connectivity index (χ3v) is 3.29. The minimum atomic E-state index is -0.211. The summed E-state index contributed by atoms with van der Waals surface area (Å²) in [5.74, 6) is 0.415. The van der Waals surface area contributed by atoms with Gasteiger partial charge in [-0.3, -0.25) is 4.79 Å². The Balaban J connectivity index is 1.93. The van der Waals surface area contributed by atoms with Gasteiger partial charge in [0, 0.05) is 17.6 Å². The number of nitrogens with zero attached hydrogens (tertiary/aromatic N) is 3. The molecule has 2 N–H and O–H groups in total. The smallest absolute Gasteiger partial charge is 0.271 e. The van der Waals surface area contributed by atoms with Crippen LogP contribution in [0.4, 0.5) is 5.82 Å². The summed E-state index contributed by atoms with van der Waals surface area (Å²) in [6.45, 7) is 5.00. The Labute approximate surface area is 115 Å². The minimum Gasteiger partial charge on any atom is -0.362 e. The minimum absolute atomic E-state index is 0.211. The monoisotopic (exact) mass is 277 g/mol. The zero-order valence-corrected chi connectivity index (χ0v) is 11.6. The van der Waals surface area contributed by atoms with E-state index < -0.39 is 0 Å². The van der Waals surface area contributed by atoms with Gasteiger partial charge in [-0.2, -0.15) is 0 Å². The van der Waals surface area contributed by atoms with E-state index in [-0.39, 0.29) is 5.91 Å². The highest BCUT2D eigenvalue weighted by Crippen LogP contribution is 2.10. The normalized spacial score (nSPS) is 10.2. The highest BCUT2D eigenvalue weighted by Gasteiger charge is 2.06. The summed E-state index contributed by atoms with van der Waals surface area (Å²) in [7, 11) is 0. The van der Waals surface area contributed by atoms with Crippen molar-refractivity contribution >= 4 is 23.1 Å². The van der Waals surface area contributed by atoms with Gasteiger partial charge in [0.15, 0.2) is 5.69 Å². The molecule has 0 aliphatic carbocycles. The standard InChI is InChI=1S/C12H15N5OS/c1-3-13-12(18)9-4-5-10(17-16-9)14-6-11-15-8(2)7-19-11/h4-5,7H,3,6H2,1-2H3,(H,13,18)(H,14,17). The van der Waals surface area contributed by atoms with Gasteiger partial charge >= 0.3 is 0 Å². The molecule has 0 atom stereocenters. The van der Waals surface area contributed by atoms with Crippen molar-refractivity contribution in [3.8, 4) is 0 Å². The van der Waals surface area contributed by atoms with Crippen molar-refractivity contribution in [3.63, 3.8) is 0 Å². The van der Waals surface area contributed by atoms with Crippen LogP contribution in [0.1, 0.15) is 28.1 Å². The second-order valence-electron chi connectivity index (χ2n) is 3.90. The molecule has 0 saturated carbocycles. The molecule has 2 rings (SSSR count). The molecule has 0 aromatic carbocycles. The van der Waals surface area contributed by atoms with Gasteiger partial charge in [0.1, 0.15) is 10.8 Å². The van der Waals surface area contributed by atoms with Gasteiger partial charge in [0.25, 0.3) is 5.91 Å². The predicted octanol–water partition coefficient (Wildman–Crippen LogP) is 1.60. The lowest BCUT2D eigenvalue weighted by Crippen LogP contribution is -2.24. The van der Waals surface area contributed by atoms with Crippen LogP contribution in [0.25, 0.3) is 0 Å². The first-order chi connectivity index (χ1) is 9.19. The molecule has 0 saturated heterocycles. The van der Waals surface area contributed by atoms with Gasteiger partial charge in [0.2, 0.25) is 0 Å². The number of hydrogen-bond acceptors (Lipinski definition) is 6. The van der Waals surface area contributed by atoms with Crippen molar-refractivity contribution in [2.45, 2.75) is 20.4 Å². The number of aryl methyl sites for hydroxylation is 1. The molecule has 0 bridgehead atoms. The Morgan fingerprint density at radius 3 is 2.79 bits per heavy atom. The van der Waals surface area contributed by atoms with Crippen molar-refractivity contribution in [2.75, 3.05) is 11.9 Å². The number of anilines is 1. The number of hydrogen-bond donors (Lipinski definition) is 2. The molecule has 0 radical (unpaired) electrons. The highest BCUT2D eigenvalue weighted by molar-refractivity contribution is 7.09. The van der Waals surface area contributed by atoms with Crippen molar-refractivity contribution in [3.05, 3.63) is 33.9 Å². The average Bonchev–Trinajstić information content (AvgIpc) is 2.83. The molecule has 0 unspecified atom stereocenters. The molecule has 2 aromatic heterocycles. The molecule has 2 aromatic rings. The molecule has 6 nitrogen and oxygen atoms in total. The molecular formula is C12H15N5OS. The molecular weight excluding hydrogens is 262 g/mol. The number of amides is 1. The van der Waals surface area contributed by atoms with E-state index in [4.69, 9.17) is 0 Å². The van der Waals surface area contributed by atoms with Crippen LogP contribution in [0.3, 0.4) is 0 Å². The second-order valence-corrected chi connectivity index (χ2v) is 4.84. The van der Waals surface area contributed by atoms with Gasteiger partial charge in [-0.1, -0.05) is 0 Å². The Morgan fingerprint density at radius 2 is 2.21 bits per heavy atom. The van der Waals surface area contributed by atoms with Gasteiger partial charge < -0.3 is 10.6 Å². The highest BCUT2D eigenvalue weighted by atomic mass is 32.1. The zero-order chi connectivity index (χ0) is 13.7. The van der Waals surface area contributed by atoms with Crippen molar-refractivity contribution in [1.29, 1.82) is 0 Å². The van der Waals surface area contributed by atoms with E-state index in [1.54, 1.807) is 23.5 Å². The van der Waals surface area contributed by atoms with Crippen LogP contribution < -0.4 is 10.6 Å². The van der Waals surface area contributed by atoms with Crippen LogP contribution in [-0.2, 0) is 6.54 Å². The number of carbonyl (C=O) groups excluding carboxylic acids is 1. The van der Waals surface area contributed by atoms with Crippen LogP contribution in [0.15, 0.2) is 17.5 Å². The molecule has 2 heterocycles. The molecule has 0 aliphatic rings. The number of nitrogens with one attached hydrogen (secondary N) is 2. The zero-order valence-electron chi connectivity index (χ0n) is 10.8. The van der Waals surface area contributed by atoms with Gasteiger partial charge in [-0.25, -0.2) is 4.98 Å². The van der Waals surface area contributed by atoms with Crippen molar-refractivity contribution in [2.24, 2.45) is 0 Å². The van der Waals surface area contributed by atoms with Gasteiger partial charge in [-0.05, 0) is 26.0 Å². The lowest BCUT2D eigenvalue weighted by atomic mass is 10.3. The summed E-state index contributed by atoms with van der Waals surface area (Å²) in [6.07, 6.45) is 0. The average molecular weight is 277 g/mol. The predicted molar refractivity (Wildman–Crippen MR) is 74.2 cm³/mol. The molecule has 0 aliphatic heterocycles. The van der Waals surface area contributed by atoms with E-state index in [0.717, 1.165) is 10.7 Å². The first kappa shape index (κ1) is 13.4. The second kappa shape index (κ2) is 6.24. The topological polar surface area (TPSA) is 79.8 Å². The molecule has 0 spiro atoms. The third-order valence-electron chi connectivity index (χ3n) is 2.32. The van der Waals surface area contributed by atoms with E-state index in [0.29, 0.717) is 24.6 Å². The molecule has 7 heteroatoms. The number of thiazole rings is 1. The van der Waals surface area contributed by atoms with Crippen LogP contribution in [0.2, 0.25) is 0 Å². The molecule has 1 amide bonds. The van der Waals surface area contributed by atoms with E-state index in [1.165, 1.54) is 0 Å². The summed E-state index contributed by atoms with van der Waals surface area (Å²) < 4.78 is 0. The Kier molecular flexibility index (Phi) is 4.40. The maximum atomic E-state index is 11.5. The lowest BCUT2D eigenvalue weighted by Gasteiger charge is -2.04. The SMILES string of the molecule is CCNC(=O)c1ccc(NCc2nc(C)cs2)nn1. The fraction of sp³-hybridized carbons (Fsp3) is 0.333. The van der Waals surface area contributed by atoms with Crippen molar-refractivity contribution in [1.82, 2.24) is 20.5 Å². The fourth-order valence-corrected chi connectivity index (χ4v) is 2.16. The number of carbonyl (C=O) groups is 1. The summed E-state index contributed by atoms with van der Waals surface area (Å²) in [5.41, 5.74) is 1.33. The quantitative estimate of drug-likeness (QED) is 0.868. The van der Waals surface area contributed by atoms with Gasteiger partial charge in [-0.15, -0.1) is 21.5 Å². The van der Waals surface area contributed by atoms with Crippen LogP contribution in [0.5, 0.6) is 0 Å². The van der Waals surface area contributed by atoms with Crippen LogP contribution in [0, 0.1) is 6.92 Å². The first-order valence-electron chi connectivity index (χ1n) is 5.96. The van der Waals surface area contributed by atoms with E-state index in [9.17, 15) is 4.79 Å². The third kappa shape index (κ3) is 3.72. The first-order valence-corrected chi connectivity index (χ1v) is 6.84.